The monoisotopic (exact) mass is 325 g/mol. The molecule has 0 fully saturated rings. The van der Waals surface area contributed by atoms with Gasteiger partial charge in [-0.1, -0.05) is 12.1 Å². The molecule has 0 aliphatic carbocycles. The van der Waals surface area contributed by atoms with Crippen molar-refractivity contribution >= 4 is 22.8 Å². The van der Waals surface area contributed by atoms with Crippen LogP contribution in [0.5, 0.6) is 0 Å². The van der Waals surface area contributed by atoms with Gasteiger partial charge in [-0.15, -0.1) is 0 Å². The summed E-state index contributed by atoms with van der Waals surface area (Å²) < 4.78 is 4.64. The average molecular weight is 325 g/mol. The van der Waals surface area contributed by atoms with E-state index in [9.17, 15) is 9.59 Å². The number of aromatic nitrogens is 4. The molecule has 124 valence electrons. The van der Waals surface area contributed by atoms with Gasteiger partial charge in [-0.2, -0.15) is 4.98 Å². The summed E-state index contributed by atoms with van der Waals surface area (Å²) in [6.45, 7) is 5.64. The minimum atomic E-state index is -0.325. The van der Waals surface area contributed by atoms with Gasteiger partial charge in [0.15, 0.2) is 11.2 Å². The molecule has 0 unspecified atom stereocenters. The highest BCUT2D eigenvalue weighted by molar-refractivity contribution is 5.77. The van der Waals surface area contributed by atoms with Gasteiger partial charge >= 0.3 is 5.69 Å². The predicted octanol–water partition coefficient (Wildman–Crippen LogP) is 1.38. The molecule has 24 heavy (non-hydrogen) atoms. The Morgan fingerprint density at radius 1 is 1.21 bits per heavy atom. The van der Waals surface area contributed by atoms with Gasteiger partial charge in [0.1, 0.15) is 0 Å². The molecule has 3 heterocycles. The smallest absolute Gasteiger partial charge is 0.310 e. The topological polar surface area (TPSA) is 65.1 Å². The number of rotatable bonds is 2. The molecular weight excluding hydrogens is 306 g/mol. The van der Waals surface area contributed by atoms with Crippen LogP contribution in [-0.2, 0) is 20.1 Å². The number of anilines is 2. The van der Waals surface area contributed by atoms with Crippen LogP contribution in [0.4, 0.5) is 11.6 Å². The summed E-state index contributed by atoms with van der Waals surface area (Å²) in [6, 6.07) is 8.19. The fourth-order valence-corrected chi connectivity index (χ4v) is 3.40. The zero-order valence-electron chi connectivity index (χ0n) is 14.0. The summed E-state index contributed by atoms with van der Waals surface area (Å²) in [4.78, 5) is 31.7. The largest absolute Gasteiger partial charge is 0.332 e. The average Bonchev–Trinajstić information content (AvgIpc) is 3.12. The summed E-state index contributed by atoms with van der Waals surface area (Å²) in [5, 5.41) is 0. The number of hydrogen-bond donors (Lipinski definition) is 0. The molecule has 1 aliphatic heterocycles. The first kappa shape index (κ1) is 14.7. The fraction of sp³-hybridized carbons (Fsp3) is 0.353. The Labute approximate surface area is 138 Å². The van der Waals surface area contributed by atoms with Crippen LogP contribution in [-0.4, -0.2) is 25.2 Å². The van der Waals surface area contributed by atoms with Crippen molar-refractivity contribution in [3.63, 3.8) is 0 Å². The second-order valence-corrected chi connectivity index (χ2v) is 6.12. The van der Waals surface area contributed by atoms with Crippen molar-refractivity contribution < 1.29 is 0 Å². The molecule has 2 aromatic heterocycles. The van der Waals surface area contributed by atoms with Crippen LogP contribution in [0, 0.1) is 6.92 Å². The van der Waals surface area contributed by atoms with E-state index in [1.54, 1.807) is 14.0 Å². The molecule has 0 spiro atoms. The lowest BCUT2D eigenvalue weighted by molar-refractivity contribution is 0.633. The second-order valence-electron chi connectivity index (χ2n) is 6.12. The van der Waals surface area contributed by atoms with Crippen molar-refractivity contribution in [3.05, 3.63) is 50.7 Å². The highest BCUT2D eigenvalue weighted by atomic mass is 16.2. The Morgan fingerprint density at radius 2 is 2.00 bits per heavy atom. The predicted molar refractivity (Wildman–Crippen MR) is 93.1 cm³/mol. The van der Waals surface area contributed by atoms with E-state index in [1.165, 1.54) is 14.7 Å². The van der Waals surface area contributed by atoms with Crippen LogP contribution in [0.2, 0.25) is 0 Å². The third-order valence-electron chi connectivity index (χ3n) is 4.63. The zero-order valence-corrected chi connectivity index (χ0v) is 14.0. The lowest BCUT2D eigenvalue weighted by Gasteiger charge is -2.16. The molecule has 0 N–H and O–H groups in total. The molecular formula is C17H19N5O2. The SMILES string of the molecule is CCn1c(=O)c2c(nc3n2CCN3c2cccc(C)c2)n(C)c1=O. The van der Waals surface area contributed by atoms with Crippen molar-refractivity contribution in [1.82, 2.24) is 18.7 Å². The van der Waals surface area contributed by atoms with Crippen molar-refractivity contribution in [1.29, 1.82) is 0 Å². The molecule has 0 saturated heterocycles. The molecule has 0 amide bonds. The van der Waals surface area contributed by atoms with Crippen LogP contribution >= 0.6 is 0 Å². The second kappa shape index (κ2) is 5.09. The maximum absolute atomic E-state index is 12.7. The lowest BCUT2D eigenvalue weighted by atomic mass is 10.2. The van der Waals surface area contributed by atoms with Gasteiger partial charge in [-0.3, -0.25) is 13.9 Å². The molecule has 4 rings (SSSR count). The Hall–Kier alpha value is -2.83. The first-order valence-corrected chi connectivity index (χ1v) is 8.07. The van der Waals surface area contributed by atoms with Crippen LogP contribution < -0.4 is 16.1 Å². The Kier molecular flexibility index (Phi) is 3.13. The van der Waals surface area contributed by atoms with Crippen molar-refractivity contribution in [2.45, 2.75) is 26.9 Å². The van der Waals surface area contributed by atoms with E-state index in [1.807, 2.05) is 29.7 Å². The van der Waals surface area contributed by atoms with Crippen LogP contribution in [0.3, 0.4) is 0 Å². The number of imidazole rings is 1. The summed E-state index contributed by atoms with van der Waals surface area (Å²) in [5.74, 6) is 0.719. The molecule has 0 saturated carbocycles. The maximum atomic E-state index is 12.7. The minimum absolute atomic E-state index is 0.263. The van der Waals surface area contributed by atoms with Crippen molar-refractivity contribution in [2.75, 3.05) is 11.4 Å². The number of nitrogens with zero attached hydrogens (tertiary/aromatic N) is 5. The van der Waals surface area contributed by atoms with Crippen LogP contribution in [0.15, 0.2) is 33.9 Å². The number of benzene rings is 1. The van der Waals surface area contributed by atoms with E-state index >= 15 is 0 Å². The minimum Gasteiger partial charge on any atom is -0.310 e. The Morgan fingerprint density at radius 3 is 2.71 bits per heavy atom. The van der Waals surface area contributed by atoms with Gasteiger partial charge in [0.2, 0.25) is 5.95 Å². The van der Waals surface area contributed by atoms with Gasteiger partial charge in [0.25, 0.3) is 5.56 Å². The molecule has 0 bridgehead atoms. The van der Waals surface area contributed by atoms with Gasteiger partial charge in [0.05, 0.1) is 0 Å². The summed E-state index contributed by atoms with van der Waals surface area (Å²) >= 11 is 0. The summed E-state index contributed by atoms with van der Waals surface area (Å²) in [7, 11) is 1.66. The summed E-state index contributed by atoms with van der Waals surface area (Å²) in [5.41, 5.74) is 2.58. The molecule has 3 aromatic rings. The Balaban J connectivity index is 2.00. The van der Waals surface area contributed by atoms with E-state index in [4.69, 9.17) is 0 Å². The standard InChI is InChI=1S/C17H19N5O2/c1-4-20-15(23)13-14(19(3)17(20)24)18-16-21(8-9-22(13)16)12-7-5-6-11(2)10-12/h5-7,10H,4,8-9H2,1-3H3. The number of aryl methyl sites for hydroxylation is 2. The van der Waals surface area contributed by atoms with E-state index < -0.39 is 0 Å². The van der Waals surface area contributed by atoms with E-state index in [0.29, 0.717) is 24.3 Å². The molecule has 1 aromatic carbocycles. The van der Waals surface area contributed by atoms with Crippen molar-refractivity contribution in [3.8, 4) is 0 Å². The normalized spacial score (nSPS) is 13.7. The summed E-state index contributed by atoms with van der Waals surface area (Å²) in [6.07, 6.45) is 0. The molecule has 7 heteroatoms. The number of hydrogen-bond acceptors (Lipinski definition) is 4. The number of fused-ring (bicyclic) bond motifs is 3. The highest BCUT2D eigenvalue weighted by Gasteiger charge is 2.28. The van der Waals surface area contributed by atoms with Gasteiger partial charge in [-0.25, -0.2) is 4.79 Å². The highest BCUT2D eigenvalue weighted by Crippen LogP contribution is 2.31. The first-order valence-electron chi connectivity index (χ1n) is 8.07. The maximum Gasteiger partial charge on any atom is 0.332 e. The lowest BCUT2D eigenvalue weighted by Crippen LogP contribution is -2.39. The molecule has 7 nitrogen and oxygen atoms in total. The van der Waals surface area contributed by atoms with E-state index in [2.05, 4.69) is 16.0 Å². The quantitative estimate of drug-likeness (QED) is 0.714. The zero-order chi connectivity index (χ0) is 17.0. The third kappa shape index (κ3) is 1.87. The van der Waals surface area contributed by atoms with Gasteiger partial charge in [0, 0.05) is 32.4 Å². The fourth-order valence-electron chi connectivity index (χ4n) is 3.40. The first-order chi connectivity index (χ1) is 11.5. The van der Waals surface area contributed by atoms with E-state index in [-0.39, 0.29) is 11.2 Å². The molecule has 0 atom stereocenters. The molecule has 1 aliphatic rings. The third-order valence-corrected chi connectivity index (χ3v) is 4.63. The van der Waals surface area contributed by atoms with E-state index in [0.717, 1.165) is 18.2 Å². The molecule has 0 radical (unpaired) electrons. The van der Waals surface area contributed by atoms with Gasteiger partial charge < -0.3 is 9.47 Å². The van der Waals surface area contributed by atoms with Gasteiger partial charge in [-0.05, 0) is 31.5 Å². The Bertz CT molecular complexity index is 1070. The van der Waals surface area contributed by atoms with Crippen LogP contribution in [0.1, 0.15) is 12.5 Å². The van der Waals surface area contributed by atoms with Crippen LogP contribution in [0.25, 0.3) is 11.2 Å². The van der Waals surface area contributed by atoms with Crippen molar-refractivity contribution in [2.24, 2.45) is 7.05 Å².